The van der Waals surface area contributed by atoms with Crippen molar-refractivity contribution in [3.8, 4) is 5.75 Å². The third kappa shape index (κ3) is 6.37. The van der Waals surface area contributed by atoms with E-state index in [1.807, 2.05) is 24.3 Å². The summed E-state index contributed by atoms with van der Waals surface area (Å²) in [6.07, 6.45) is 0.199. The summed E-state index contributed by atoms with van der Waals surface area (Å²) in [7, 11) is 0. The summed E-state index contributed by atoms with van der Waals surface area (Å²) >= 11 is 1.40. The molecule has 0 fully saturated rings. The second kappa shape index (κ2) is 11.2. The number of rotatable bonds is 11. The first-order valence-corrected chi connectivity index (χ1v) is 11.0. The van der Waals surface area contributed by atoms with Crippen LogP contribution in [-0.2, 0) is 4.79 Å². The average Bonchev–Trinajstić information content (AvgIpc) is 3.15. The Morgan fingerprint density at radius 3 is 2.53 bits per heavy atom. The molecule has 3 atom stereocenters. The van der Waals surface area contributed by atoms with Gasteiger partial charge >= 0.3 is 5.97 Å². The number of fused-ring (bicyclic) bond motifs is 1. The zero-order valence-electron chi connectivity index (χ0n) is 17.2. The maximum Gasteiger partial charge on any atom is 0.303 e. The molecule has 0 radical (unpaired) electrons. The van der Waals surface area contributed by atoms with Gasteiger partial charge in [0, 0.05) is 21.4 Å². The Labute approximate surface area is 188 Å². The van der Waals surface area contributed by atoms with Gasteiger partial charge in [0.2, 0.25) is 0 Å². The molecule has 3 aromatic rings. The molecule has 3 rings (SSSR count). The van der Waals surface area contributed by atoms with Crippen LogP contribution in [0.4, 0.5) is 4.39 Å². The van der Waals surface area contributed by atoms with Gasteiger partial charge < -0.3 is 25.2 Å². The van der Waals surface area contributed by atoms with Gasteiger partial charge in [-0.3, -0.25) is 4.79 Å². The molecule has 32 heavy (non-hydrogen) atoms. The SMILES string of the molecule is O=C(O)CCC[C@H](O)[C@H](O)/C=C/c1c([C@H](O)COc2ccc(F)cc2)sc2ccccc12. The average molecular weight is 461 g/mol. The highest BCUT2D eigenvalue weighted by atomic mass is 32.1. The fraction of sp³-hybridized carbons (Fsp3) is 0.292. The Balaban J connectivity index is 1.75. The minimum atomic E-state index is -1.18. The van der Waals surface area contributed by atoms with E-state index in [4.69, 9.17) is 9.84 Å². The van der Waals surface area contributed by atoms with Crippen LogP contribution in [0.25, 0.3) is 16.2 Å². The molecule has 4 N–H and O–H groups in total. The standard InChI is InChI=1S/C24H25FO6S/c25-15-8-10-16(11-9-15)31-14-21(28)24-18(17-4-1-2-6-22(17)32-24)12-13-20(27)19(26)5-3-7-23(29)30/h1-2,4,6,8-13,19-21,26-28H,3,5,7,14H2,(H,29,30)/b13-12+/t19-,20+,21+/m0/s1. The van der Waals surface area contributed by atoms with Gasteiger partial charge in [-0.2, -0.15) is 0 Å². The predicted octanol–water partition coefficient (Wildman–Crippen LogP) is 4.14. The number of thiophene rings is 1. The van der Waals surface area contributed by atoms with E-state index in [1.165, 1.54) is 41.7 Å². The second-order valence-corrected chi connectivity index (χ2v) is 8.44. The number of aliphatic carboxylic acids is 1. The van der Waals surface area contributed by atoms with Gasteiger partial charge in [0.25, 0.3) is 0 Å². The highest BCUT2D eigenvalue weighted by molar-refractivity contribution is 7.19. The van der Waals surface area contributed by atoms with Crippen LogP contribution in [0.3, 0.4) is 0 Å². The molecule has 0 saturated carbocycles. The van der Waals surface area contributed by atoms with Crippen LogP contribution in [-0.4, -0.2) is 45.2 Å². The van der Waals surface area contributed by atoms with E-state index in [0.29, 0.717) is 16.2 Å². The Morgan fingerprint density at radius 1 is 1.09 bits per heavy atom. The predicted molar refractivity (Wildman–Crippen MR) is 121 cm³/mol. The Morgan fingerprint density at radius 2 is 1.81 bits per heavy atom. The quantitative estimate of drug-likeness (QED) is 0.343. The van der Waals surface area contributed by atoms with Crippen molar-refractivity contribution in [3.05, 3.63) is 70.9 Å². The summed E-state index contributed by atoms with van der Waals surface area (Å²) in [5.74, 6) is -0.893. The van der Waals surface area contributed by atoms with Crippen molar-refractivity contribution in [1.29, 1.82) is 0 Å². The molecule has 0 aliphatic carbocycles. The van der Waals surface area contributed by atoms with Gasteiger partial charge in [-0.1, -0.05) is 30.4 Å². The van der Waals surface area contributed by atoms with Crippen molar-refractivity contribution in [2.75, 3.05) is 6.61 Å². The Kier molecular flexibility index (Phi) is 8.35. The molecule has 0 aliphatic rings. The second-order valence-electron chi connectivity index (χ2n) is 7.36. The van der Waals surface area contributed by atoms with Crippen LogP contribution in [0.15, 0.2) is 54.6 Å². The van der Waals surface area contributed by atoms with Crippen LogP contribution in [0.1, 0.15) is 35.8 Å². The fourth-order valence-electron chi connectivity index (χ4n) is 3.24. The molecular formula is C24H25FO6S. The molecule has 8 heteroatoms. The molecule has 0 spiro atoms. The van der Waals surface area contributed by atoms with Crippen LogP contribution in [0.5, 0.6) is 5.75 Å². The summed E-state index contributed by atoms with van der Waals surface area (Å²) in [6.45, 7) is -0.0420. The van der Waals surface area contributed by atoms with E-state index in [1.54, 1.807) is 6.08 Å². The lowest BCUT2D eigenvalue weighted by Gasteiger charge is -2.15. The normalized spacial score (nSPS) is 14.5. The number of aliphatic hydroxyl groups is 3. The molecule has 6 nitrogen and oxygen atoms in total. The van der Waals surface area contributed by atoms with Crippen molar-refractivity contribution in [2.24, 2.45) is 0 Å². The highest BCUT2D eigenvalue weighted by Gasteiger charge is 2.19. The monoisotopic (exact) mass is 460 g/mol. The molecule has 0 bridgehead atoms. The first-order valence-electron chi connectivity index (χ1n) is 10.2. The lowest BCUT2D eigenvalue weighted by molar-refractivity contribution is -0.137. The van der Waals surface area contributed by atoms with Crippen molar-refractivity contribution in [3.63, 3.8) is 0 Å². The zero-order chi connectivity index (χ0) is 23.1. The van der Waals surface area contributed by atoms with Crippen LogP contribution in [0, 0.1) is 5.82 Å². The van der Waals surface area contributed by atoms with Crippen LogP contribution < -0.4 is 4.74 Å². The Bertz CT molecular complexity index is 1060. The molecular weight excluding hydrogens is 435 g/mol. The van der Waals surface area contributed by atoms with Crippen molar-refractivity contribution in [1.82, 2.24) is 0 Å². The van der Waals surface area contributed by atoms with E-state index in [2.05, 4.69) is 0 Å². The van der Waals surface area contributed by atoms with Crippen LogP contribution >= 0.6 is 11.3 Å². The molecule has 0 amide bonds. The molecule has 0 unspecified atom stereocenters. The fourth-order valence-corrected chi connectivity index (χ4v) is 4.41. The first kappa shape index (κ1) is 23.9. The number of halogens is 1. The molecule has 1 heterocycles. The van der Waals surface area contributed by atoms with Gasteiger partial charge in [-0.25, -0.2) is 4.39 Å². The summed E-state index contributed by atoms with van der Waals surface area (Å²) in [4.78, 5) is 11.2. The van der Waals surface area contributed by atoms with Gasteiger partial charge in [-0.15, -0.1) is 11.3 Å². The van der Waals surface area contributed by atoms with E-state index >= 15 is 0 Å². The number of aliphatic hydroxyl groups excluding tert-OH is 3. The number of benzene rings is 2. The number of carboxylic acid groups (broad SMARTS) is 1. The van der Waals surface area contributed by atoms with E-state index in [9.17, 15) is 24.5 Å². The maximum atomic E-state index is 13.1. The Hall–Kier alpha value is -2.78. The lowest BCUT2D eigenvalue weighted by Crippen LogP contribution is -2.23. The number of carboxylic acids is 1. The minimum Gasteiger partial charge on any atom is -0.490 e. The lowest BCUT2D eigenvalue weighted by atomic mass is 10.0. The maximum absolute atomic E-state index is 13.1. The molecule has 170 valence electrons. The topological polar surface area (TPSA) is 107 Å². The zero-order valence-corrected chi connectivity index (χ0v) is 18.0. The number of carbonyl (C=O) groups is 1. The van der Waals surface area contributed by atoms with Gasteiger partial charge in [0.05, 0.1) is 12.2 Å². The molecule has 0 aliphatic heterocycles. The van der Waals surface area contributed by atoms with Crippen LogP contribution in [0.2, 0.25) is 0 Å². The third-order valence-electron chi connectivity index (χ3n) is 4.93. The first-order chi connectivity index (χ1) is 15.3. The van der Waals surface area contributed by atoms with Crippen molar-refractivity contribution >= 4 is 33.5 Å². The van der Waals surface area contributed by atoms with E-state index in [0.717, 1.165) is 10.1 Å². The molecule has 2 aromatic carbocycles. The largest absolute Gasteiger partial charge is 0.490 e. The number of ether oxygens (including phenoxy) is 1. The number of hydrogen-bond donors (Lipinski definition) is 4. The highest BCUT2D eigenvalue weighted by Crippen LogP contribution is 2.36. The summed E-state index contributed by atoms with van der Waals surface area (Å²) in [5.41, 5.74) is 0.706. The van der Waals surface area contributed by atoms with Gasteiger partial charge in [0.1, 0.15) is 24.3 Å². The van der Waals surface area contributed by atoms with E-state index in [-0.39, 0.29) is 31.7 Å². The molecule has 1 aromatic heterocycles. The summed E-state index contributed by atoms with van der Waals surface area (Å²) < 4.78 is 19.6. The van der Waals surface area contributed by atoms with Gasteiger partial charge in [-0.05, 0) is 48.7 Å². The van der Waals surface area contributed by atoms with Gasteiger partial charge in [0.15, 0.2) is 0 Å². The van der Waals surface area contributed by atoms with Crippen molar-refractivity contribution < 1.29 is 34.3 Å². The smallest absolute Gasteiger partial charge is 0.303 e. The summed E-state index contributed by atoms with van der Waals surface area (Å²) in [5, 5.41) is 40.7. The van der Waals surface area contributed by atoms with E-state index < -0.39 is 24.3 Å². The minimum absolute atomic E-state index is 0.0420. The summed E-state index contributed by atoms with van der Waals surface area (Å²) in [6, 6.07) is 13.1. The molecule has 0 saturated heterocycles. The van der Waals surface area contributed by atoms with Crippen molar-refractivity contribution in [2.45, 2.75) is 37.6 Å². The number of hydrogen-bond acceptors (Lipinski definition) is 6. The third-order valence-corrected chi connectivity index (χ3v) is 6.22.